The molecule has 0 spiro atoms. The molecule has 0 aliphatic rings. The third kappa shape index (κ3) is 4.38. The summed E-state index contributed by atoms with van der Waals surface area (Å²) in [4.78, 5) is 11.3. The first-order valence-corrected chi connectivity index (χ1v) is 8.02. The van der Waals surface area contributed by atoms with Gasteiger partial charge in [-0.3, -0.25) is 4.79 Å². The number of thioether (sulfide) groups is 1. The molecule has 0 fully saturated rings. The fourth-order valence-electron chi connectivity index (χ4n) is 1.63. The minimum Gasteiger partial charge on any atom is -0.484 e. The second kappa shape index (κ2) is 8.05. The van der Waals surface area contributed by atoms with E-state index in [1.807, 2.05) is 19.2 Å². The Balaban J connectivity index is 1.93. The van der Waals surface area contributed by atoms with E-state index in [2.05, 4.69) is 10.2 Å². The van der Waals surface area contributed by atoms with Crippen molar-refractivity contribution in [1.29, 1.82) is 0 Å². The molecule has 0 bridgehead atoms. The van der Waals surface area contributed by atoms with Crippen LogP contribution in [0.25, 0.3) is 0 Å². The number of ether oxygens (including phenoxy) is 2. The van der Waals surface area contributed by atoms with Crippen molar-refractivity contribution in [3.63, 3.8) is 0 Å². The third-order valence-electron chi connectivity index (χ3n) is 2.74. The number of aromatic nitrogens is 3. The van der Waals surface area contributed by atoms with Crippen LogP contribution in [0.1, 0.15) is 12.7 Å². The van der Waals surface area contributed by atoms with Gasteiger partial charge in [-0.2, -0.15) is 0 Å². The average Bonchev–Trinajstić information content (AvgIpc) is 2.85. The Labute approximate surface area is 137 Å². The summed E-state index contributed by atoms with van der Waals surface area (Å²) < 4.78 is 12.3. The molecule has 2 aromatic rings. The minimum absolute atomic E-state index is 0.200. The summed E-state index contributed by atoms with van der Waals surface area (Å²) in [6.45, 7) is 2.39. The van der Waals surface area contributed by atoms with E-state index in [-0.39, 0.29) is 18.3 Å². The zero-order chi connectivity index (χ0) is 15.9. The van der Waals surface area contributed by atoms with Crippen LogP contribution in [0.3, 0.4) is 0 Å². The van der Waals surface area contributed by atoms with E-state index in [0.29, 0.717) is 28.4 Å². The lowest BCUT2D eigenvalue weighted by atomic mass is 10.3. The van der Waals surface area contributed by atoms with Crippen molar-refractivity contribution in [2.45, 2.75) is 18.7 Å². The maximum atomic E-state index is 11.3. The van der Waals surface area contributed by atoms with Gasteiger partial charge < -0.3 is 14.0 Å². The van der Waals surface area contributed by atoms with Gasteiger partial charge in [0.15, 0.2) is 11.0 Å². The topological polar surface area (TPSA) is 66.2 Å². The largest absolute Gasteiger partial charge is 0.484 e. The lowest BCUT2D eigenvalue weighted by Crippen LogP contribution is -2.08. The number of halogens is 1. The number of esters is 1. The maximum absolute atomic E-state index is 11.3. The molecule has 1 heterocycles. The molecule has 0 N–H and O–H groups in total. The van der Waals surface area contributed by atoms with Crippen LogP contribution in [0.2, 0.25) is 5.02 Å². The van der Waals surface area contributed by atoms with Crippen LogP contribution in [-0.2, 0) is 23.2 Å². The van der Waals surface area contributed by atoms with Crippen LogP contribution < -0.4 is 4.74 Å². The summed E-state index contributed by atoms with van der Waals surface area (Å²) in [5.41, 5.74) is 0. The molecule has 118 valence electrons. The molecular weight excluding hydrogens is 326 g/mol. The van der Waals surface area contributed by atoms with Gasteiger partial charge in [-0.25, -0.2) is 0 Å². The number of benzene rings is 1. The zero-order valence-electron chi connectivity index (χ0n) is 12.3. The smallest absolute Gasteiger partial charge is 0.316 e. The van der Waals surface area contributed by atoms with Gasteiger partial charge in [-0.1, -0.05) is 35.5 Å². The quantitative estimate of drug-likeness (QED) is 0.570. The van der Waals surface area contributed by atoms with Crippen LogP contribution in [0.5, 0.6) is 5.75 Å². The first kappa shape index (κ1) is 16.6. The molecule has 0 saturated carbocycles. The molecule has 0 saturated heterocycles. The molecule has 6 nitrogen and oxygen atoms in total. The van der Waals surface area contributed by atoms with Crippen molar-refractivity contribution >= 4 is 29.3 Å². The van der Waals surface area contributed by atoms with E-state index < -0.39 is 0 Å². The van der Waals surface area contributed by atoms with Crippen molar-refractivity contribution in [1.82, 2.24) is 14.8 Å². The average molecular weight is 342 g/mol. The Morgan fingerprint density at radius 3 is 2.86 bits per heavy atom. The van der Waals surface area contributed by atoms with Gasteiger partial charge in [0, 0.05) is 7.05 Å². The Morgan fingerprint density at radius 1 is 1.36 bits per heavy atom. The van der Waals surface area contributed by atoms with E-state index in [1.165, 1.54) is 11.8 Å². The van der Waals surface area contributed by atoms with E-state index in [0.717, 1.165) is 0 Å². The standard InChI is InChI=1S/C14H16ClN3O3S/c1-3-20-13(19)9-22-14-17-16-12(18(14)2)8-21-11-7-5-4-6-10(11)15/h4-7H,3,8-9H2,1-2H3. The predicted molar refractivity (Wildman–Crippen MR) is 84.1 cm³/mol. The molecule has 1 aromatic carbocycles. The highest BCUT2D eigenvalue weighted by molar-refractivity contribution is 7.99. The Bertz CT molecular complexity index is 648. The third-order valence-corrected chi connectivity index (χ3v) is 4.05. The highest BCUT2D eigenvalue weighted by Crippen LogP contribution is 2.24. The van der Waals surface area contributed by atoms with Crippen LogP contribution in [-0.4, -0.2) is 33.1 Å². The van der Waals surface area contributed by atoms with Crippen LogP contribution in [0, 0.1) is 0 Å². The Morgan fingerprint density at radius 2 is 2.14 bits per heavy atom. The first-order valence-electron chi connectivity index (χ1n) is 6.65. The van der Waals surface area contributed by atoms with Gasteiger partial charge in [-0.05, 0) is 19.1 Å². The monoisotopic (exact) mass is 341 g/mol. The molecule has 22 heavy (non-hydrogen) atoms. The normalized spacial score (nSPS) is 10.5. The molecule has 1 aromatic heterocycles. The van der Waals surface area contributed by atoms with Crippen molar-refractivity contribution in [3.8, 4) is 5.75 Å². The van der Waals surface area contributed by atoms with Gasteiger partial charge in [0.2, 0.25) is 0 Å². The van der Waals surface area contributed by atoms with Crippen LogP contribution >= 0.6 is 23.4 Å². The summed E-state index contributed by atoms with van der Waals surface area (Å²) in [5, 5.41) is 9.27. The van der Waals surface area contributed by atoms with E-state index in [9.17, 15) is 4.79 Å². The van der Waals surface area contributed by atoms with Crippen LogP contribution in [0.15, 0.2) is 29.4 Å². The van der Waals surface area contributed by atoms with Crippen molar-refractivity contribution in [3.05, 3.63) is 35.1 Å². The Hall–Kier alpha value is -1.73. The minimum atomic E-state index is -0.274. The predicted octanol–water partition coefficient (Wildman–Crippen LogP) is 2.70. The number of nitrogens with zero attached hydrogens (tertiary/aromatic N) is 3. The van der Waals surface area contributed by atoms with E-state index in [4.69, 9.17) is 21.1 Å². The second-order valence-corrected chi connectivity index (χ2v) is 5.62. The van der Waals surface area contributed by atoms with E-state index >= 15 is 0 Å². The Kier molecular flexibility index (Phi) is 6.09. The fourth-order valence-corrected chi connectivity index (χ4v) is 2.54. The second-order valence-electron chi connectivity index (χ2n) is 4.27. The first-order chi connectivity index (χ1) is 10.6. The number of carbonyl (C=O) groups is 1. The summed E-state index contributed by atoms with van der Waals surface area (Å²) in [6, 6.07) is 7.23. The van der Waals surface area contributed by atoms with Gasteiger partial charge in [0.05, 0.1) is 17.4 Å². The van der Waals surface area contributed by atoms with Gasteiger partial charge in [0.25, 0.3) is 0 Å². The van der Waals surface area contributed by atoms with Gasteiger partial charge >= 0.3 is 5.97 Å². The molecule has 0 aliphatic carbocycles. The van der Waals surface area contributed by atoms with Gasteiger partial charge in [0.1, 0.15) is 12.4 Å². The summed E-state index contributed by atoms with van der Waals surface area (Å²) in [7, 11) is 1.82. The number of carbonyl (C=O) groups excluding carboxylic acids is 1. The highest BCUT2D eigenvalue weighted by Gasteiger charge is 2.12. The number of para-hydroxylation sites is 1. The molecule has 0 atom stereocenters. The molecule has 0 aliphatic heterocycles. The molecule has 0 radical (unpaired) electrons. The SMILES string of the molecule is CCOC(=O)CSc1nnc(COc2ccccc2Cl)n1C. The van der Waals surface area contributed by atoms with Crippen molar-refractivity contribution in [2.75, 3.05) is 12.4 Å². The molecule has 8 heteroatoms. The molecular formula is C14H16ClN3O3S. The summed E-state index contributed by atoms with van der Waals surface area (Å²) in [6.07, 6.45) is 0. The number of rotatable bonds is 7. The molecule has 2 rings (SSSR count). The van der Waals surface area contributed by atoms with E-state index in [1.54, 1.807) is 23.6 Å². The maximum Gasteiger partial charge on any atom is 0.316 e. The number of hydrogen-bond donors (Lipinski definition) is 0. The lowest BCUT2D eigenvalue weighted by molar-refractivity contribution is -0.139. The molecule has 0 amide bonds. The summed E-state index contributed by atoms with van der Waals surface area (Å²) in [5.74, 6) is 1.16. The number of hydrogen-bond acceptors (Lipinski definition) is 6. The fraction of sp³-hybridized carbons (Fsp3) is 0.357. The van der Waals surface area contributed by atoms with Crippen molar-refractivity contribution < 1.29 is 14.3 Å². The van der Waals surface area contributed by atoms with Crippen LogP contribution in [0.4, 0.5) is 0 Å². The lowest BCUT2D eigenvalue weighted by Gasteiger charge is -2.07. The summed E-state index contributed by atoms with van der Waals surface area (Å²) >= 11 is 7.30. The highest BCUT2D eigenvalue weighted by atomic mass is 35.5. The van der Waals surface area contributed by atoms with Crippen molar-refractivity contribution in [2.24, 2.45) is 7.05 Å². The zero-order valence-corrected chi connectivity index (χ0v) is 13.9. The molecule has 0 unspecified atom stereocenters. The van der Waals surface area contributed by atoms with Gasteiger partial charge in [-0.15, -0.1) is 10.2 Å².